The van der Waals surface area contributed by atoms with Gasteiger partial charge in [-0.3, -0.25) is 0 Å². The highest BCUT2D eigenvalue weighted by atomic mass is 35.5. The number of aromatic nitrogens is 1. The molecule has 0 amide bonds. The van der Waals surface area contributed by atoms with Crippen LogP contribution in [0.3, 0.4) is 0 Å². The molecule has 2 N–H and O–H groups in total. The molecule has 0 aliphatic carbocycles. The summed E-state index contributed by atoms with van der Waals surface area (Å²) >= 11 is 5.79. The summed E-state index contributed by atoms with van der Waals surface area (Å²) in [4.78, 5) is 4.76. The number of anilines is 1. The Morgan fingerprint density at radius 2 is 1.83 bits per heavy atom. The molecule has 0 radical (unpaired) electrons. The van der Waals surface area contributed by atoms with Crippen LogP contribution in [0.4, 0.5) is 5.82 Å². The molecular formula is C21H21ClN4O2S. The normalized spacial score (nSPS) is 11.4. The van der Waals surface area contributed by atoms with E-state index in [0.29, 0.717) is 29.4 Å². The highest BCUT2D eigenvalue weighted by Crippen LogP contribution is 2.24. The van der Waals surface area contributed by atoms with Gasteiger partial charge in [-0.2, -0.15) is 5.26 Å². The second-order valence-electron chi connectivity index (χ2n) is 6.78. The first-order chi connectivity index (χ1) is 13.8. The number of sulfonamides is 1. The van der Waals surface area contributed by atoms with Crippen LogP contribution in [0, 0.1) is 25.2 Å². The molecule has 2 aromatic carbocycles. The monoisotopic (exact) mass is 428 g/mol. The summed E-state index contributed by atoms with van der Waals surface area (Å²) in [7, 11) is -3.58. The number of rotatable bonds is 7. The van der Waals surface area contributed by atoms with Gasteiger partial charge in [-0.25, -0.2) is 18.1 Å². The molecule has 0 bridgehead atoms. The van der Waals surface area contributed by atoms with Crippen LogP contribution in [0.1, 0.15) is 23.1 Å². The lowest BCUT2D eigenvalue weighted by atomic mass is 10.0. The fraction of sp³-hybridized carbons (Fsp3) is 0.238. The van der Waals surface area contributed by atoms with Crippen molar-refractivity contribution in [1.29, 1.82) is 5.26 Å². The van der Waals surface area contributed by atoms with Gasteiger partial charge in [0.15, 0.2) is 0 Å². The molecule has 29 heavy (non-hydrogen) atoms. The van der Waals surface area contributed by atoms with Gasteiger partial charge in [0.2, 0.25) is 10.0 Å². The van der Waals surface area contributed by atoms with E-state index in [1.807, 2.05) is 26.0 Å². The van der Waals surface area contributed by atoms with Crippen molar-refractivity contribution in [2.24, 2.45) is 0 Å². The zero-order valence-electron chi connectivity index (χ0n) is 16.2. The lowest BCUT2D eigenvalue weighted by Crippen LogP contribution is -2.26. The zero-order valence-corrected chi connectivity index (χ0v) is 17.7. The lowest BCUT2D eigenvalue weighted by Gasteiger charge is -2.11. The predicted octanol–water partition coefficient (Wildman–Crippen LogP) is 4.16. The van der Waals surface area contributed by atoms with Crippen molar-refractivity contribution in [3.63, 3.8) is 0 Å². The number of hydrogen-bond donors (Lipinski definition) is 2. The number of nitrogens with zero attached hydrogens (tertiary/aromatic N) is 2. The molecule has 0 unspecified atom stereocenters. The third-order valence-corrected chi connectivity index (χ3v) is 6.20. The van der Waals surface area contributed by atoms with E-state index in [1.165, 1.54) is 24.3 Å². The molecule has 0 spiro atoms. The maximum atomic E-state index is 12.3. The van der Waals surface area contributed by atoms with Crippen LogP contribution < -0.4 is 10.0 Å². The van der Waals surface area contributed by atoms with Gasteiger partial charge in [-0.1, -0.05) is 17.7 Å². The summed E-state index contributed by atoms with van der Waals surface area (Å²) in [6, 6.07) is 14.1. The minimum absolute atomic E-state index is 0.170. The molecule has 150 valence electrons. The summed E-state index contributed by atoms with van der Waals surface area (Å²) in [6.45, 7) is 4.73. The number of halogens is 1. The molecule has 0 atom stereocenters. The maximum absolute atomic E-state index is 12.3. The molecule has 0 saturated heterocycles. The molecule has 3 rings (SSSR count). The van der Waals surface area contributed by atoms with E-state index in [0.717, 1.165) is 22.0 Å². The second kappa shape index (κ2) is 8.78. The van der Waals surface area contributed by atoms with Crippen molar-refractivity contribution in [3.8, 4) is 6.07 Å². The standard InChI is InChI=1S/C21H21ClN4O2S/c1-14-10-15(2)19-12-16(13-23)21(26-20(19)11-14)24-8-3-9-25-29(27,28)18-6-4-17(22)5-7-18/h4-7,10-12,25H,3,8-9H2,1-2H3,(H,24,26). The Morgan fingerprint density at radius 1 is 1.10 bits per heavy atom. The molecule has 0 aliphatic rings. The van der Waals surface area contributed by atoms with Crippen molar-refractivity contribution in [3.05, 3.63) is 64.2 Å². The van der Waals surface area contributed by atoms with Gasteiger partial charge in [-0.05, 0) is 67.8 Å². The van der Waals surface area contributed by atoms with Crippen LogP contribution in [-0.4, -0.2) is 26.5 Å². The fourth-order valence-electron chi connectivity index (χ4n) is 3.05. The number of nitrogens with one attached hydrogen (secondary N) is 2. The Morgan fingerprint density at radius 3 is 2.52 bits per heavy atom. The molecule has 3 aromatic rings. The first-order valence-electron chi connectivity index (χ1n) is 9.11. The first-order valence-corrected chi connectivity index (χ1v) is 11.0. The van der Waals surface area contributed by atoms with E-state index in [9.17, 15) is 13.7 Å². The number of benzene rings is 2. The Hall–Kier alpha value is -2.66. The number of pyridine rings is 1. The maximum Gasteiger partial charge on any atom is 0.240 e. The summed E-state index contributed by atoms with van der Waals surface area (Å²) in [5.74, 6) is 0.505. The van der Waals surface area contributed by atoms with Crippen LogP contribution in [0.25, 0.3) is 10.9 Å². The minimum atomic E-state index is -3.58. The Balaban J connectivity index is 1.62. The average Bonchev–Trinajstić information content (AvgIpc) is 2.67. The largest absolute Gasteiger partial charge is 0.369 e. The third kappa shape index (κ3) is 5.04. The predicted molar refractivity (Wildman–Crippen MR) is 116 cm³/mol. The second-order valence-corrected chi connectivity index (χ2v) is 8.98. The zero-order chi connectivity index (χ0) is 21.0. The van der Waals surface area contributed by atoms with Crippen molar-refractivity contribution >= 4 is 38.3 Å². The van der Waals surface area contributed by atoms with Crippen molar-refractivity contribution in [1.82, 2.24) is 9.71 Å². The quantitative estimate of drug-likeness (QED) is 0.551. The fourth-order valence-corrected chi connectivity index (χ4v) is 4.25. The van der Waals surface area contributed by atoms with Gasteiger partial charge in [0.1, 0.15) is 11.9 Å². The van der Waals surface area contributed by atoms with Gasteiger partial charge >= 0.3 is 0 Å². The van der Waals surface area contributed by atoms with E-state index >= 15 is 0 Å². The number of fused-ring (bicyclic) bond motifs is 1. The molecule has 0 fully saturated rings. The van der Waals surface area contributed by atoms with E-state index in [2.05, 4.69) is 27.2 Å². The lowest BCUT2D eigenvalue weighted by molar-refractivity contribution is 0.580. The van der Waals surface area contributed by atoms with Crippen LogP contribution in [-0.2, 0) is 10.0 Å². The summed E-state index contributed by atoms with van der Waals surface area (Å²) < 4.78 is 27.1. The molecule has 1 heterocycles. The van der Waals surface area contributed by atoms with E-state index in [4.69, 9.17) is 11.6 Å². The molecule has 0 saturated carbocycles. The number of aryl methyl sites for hydroxylation is 2. The van der Waals surface area contributed by atoms with E-state index in [1.54, 1.807) is 0 Å². The molecule has 8 heteroatoms. The topological polar surface area (TPSA) is 94.9 Å². The SMILES string of the molecule is Cc1cc(C)c2cc(C#N)c(NCCCNS(=O)(=O)c3ccc(Cl)cc3)nc2c1. The van der Waals surface area contributed by atoms with Gasteiger partial charge in [-0.15, -0.1) is 0 Å². The van der Waals surface area contributed by atoms with Gasteiger partial charge in [0.05, 0.1) is 16.0 Å². The summed E-state index contributed by atoms with van der Waals surface area (Å²) in [5.41, 5.74) is 3.47. The highest BCUT2D eigenvalue weighted by Gasteiger charge is 2.13. The number of nitriles is 1. The highest BCUT2D eigenvalue weighted by molar-refractivity contribution is 7.89. The molecular weight excluding hydrogens is 408 g/mol. The van der Waals surface area contributed by atoms with Gasteiger partial charge < -0.3 is 5.32 Å². The Kier molecular flexibility index (Phi) is 6.38. The molecule has 1 aromatic heterocycles. The average molecular weight is 429 g/mol. The van der Waals surface area contributed by atoms with Crippen LogP contribution in [0.5, 0.6) is 0 Å². The van der Waals surface area contributed by atoms with Gasteiger partial charge in [0.25, 0.3) is 0 Å². The summed E-state index contributed by atoms with van der Waals surface area (Å²) in [6.07, 6.45) is 0.532. The smallest absolute Gasteiger partial charge is 0.240 e. The van der Waals surface area contributed by atoms with E-state index < -0.39 is 10.0 Å². The Labute approximate surface area is 175 Å². The van der Waals surface area contributed by atoms with Crippen LogP contribution in [0.15, 0.2) is 47.4 Å². The van der Waals surface area contributed by atoms with Crippen LogP contribution in [0.2, 0.25) is 5.02 Å². The third-order valence-electron chi connectivity index (χ3n) is 4.47. The summed E-state index contributed by atoms with van der Waals surface area (Å²) in [5, 5.41) is 14.0. The Bertz CT molecular complexity index is 1190. The first kappa shape index (κ1) is 21.1. The van der Waals surface area contributed by atoms with E-state index in [-0.39, 0.29) is 11.4 Å². The van der Waals surface area contributed by atoms with Crippen molar-refractivity contribution in [2.75, 3.05) is 18.4 Å². The van der Waals surface area contributed by atoms with Crippen LogP contribution >= 0.6 is 11.6 Å². The molecule has 0 aliphatic heterocycles. The van der Waals surface area contributed by atoms with Crippen molar-refractivity contribution in [2.45, 2.75) is 25.2 Å². The number of hydrogen-bond acceptors (Lipinski definition) is 5. The van der Waals surface area contributed by atoms with Gasteiger partial charge in [0, 0.05) is 23.5 Å². The molecule has 6 nitrogen and oxygen atoms in total. The van der Waals surface area contributed by atoms with Crippen molar-refractivity contribution < 1.29 is 8.42 Å². The minimum Gasteiger partial charge on any atom is -0.369 e.